The van der Waals surface area contributed by atoms with E-state index in [1.807, 2.05) is 48.5 Å². The number of aliphatic hydroxyl groups excluding tert-OH is 1. The smallest absolute Gasteiger partial charge is 0.353 e. The Bertz CT molecular complexity index is 792. The van der Waals surface area contributed by atoms with Gasteiger partial charge in [0.1, 0.15) is 0 Å². The van der Waals surface area contributed by atoms with Gasteiger partial charge in [0.15, 0.2) is 11.5 Å². The van der Waals surface area contributed by atoms with Crippen LogP contribution in [-0.4, -0.2) is 46.7 Å². The first kappa shape index (κ1) is 15.8. The number of aliphatic hydroxyl groups is 1. The Labute approximate surface area is 148 Å². The Morgan fingerprint density at radius 2 is 1.52 bits per heavy atom. The zero-order valence-electron chi connectivity index (χ0n) is 14.4. The molecule has 0 fully saturated rings. The molecule has 2 aliphatic heterocycles. The molecule has 0 saturated carbocycles. The van der Waals surface area contributed by atoms with Crippen molar-refractivity contribution in [2.24, 2.45) is 0 Å². The largest absolute Gasteiger partial charge is 0.504 e. The van der Waals surface area contributed by atoms with Crippen LogP contribution >= 0.6 is 0 Å². The Morgan fingerprint density at radius 3 is 2.24 bits per heavy atom. The van der Waals surface area contributed by atoms with Gasteiger partial charge in [-0.3, -0.25) is 9.89 Å². The number of hydrogen-bond donors (Lipinski definition) is 2. The van der Waals surface area contributed by atoms with E-state index < -0.39 is 0 Å². The summed E-state index contributed by atoms with van der Waals surface area (Å²) in [7, 11) is 0. The summed E-state index contributed by atoms with van der Waals surface area (Å²) < 4.78 is 2.40. The van der Waals surface area contributed by atoms with Crippen LogP contribution < -0.4 is 5.32 Å². The van der Waals surface area contributed by atoms with Crippen molar-refractivity contribution in [2.75, 3.05) is 26.2 Å². The normalized spacial score (nSPS) is 18.3. The number of rotatable bonds is 3. The molecule has 128 valence electrons. The van der Waals surface area contributed by atoms with E-state index in [2.05, 4.69) is 26.9 Å². The SMILES string of the molecule is O/C(=C(/c1ccccc1)N1CCC[N+]2=C1NCCC2)c1ccccc1. The van der Waals surface area contributed by atoms with E-state index in [-0.39, 0.29) is 0 Å². The molecule has 2 aliphatic rings. The summed E-state index contributed by atoms with van der Waals surface area (Å²) in [5.41, 5.74) is 2.75. The minimum Gasteiger partial charge on any atom is -0.504 e. The summed E-state index contributed by atoms with van der Waals surface area (Å²) in [5.74, 6) is 1.45. The fraction of sp³-hybridized carbons (Fsp3) is 0.286. The average molecular weight is 334 g/mol. The molecule has 2 aromatic carbocycles. The minimum absolute atomic E-state index is 0.327. The van der Waals surface area contributed by atoms with E-state index in [4.69, 9.17) is 0 Å². The molecule has 0 bridgehead atoms. The van der Waals surface area contributed by atoms with Crippen molar-refractivity contribution in [1.29, 1.82) is 0 Å². The maximum atomic E-state index is 11.2. The van der Waals surface area contributed by atoms with E-state index >= 15 is 0 Å². The number of nitrogens with one attached hydrogen (secondary N) is 1. The standard InChI is InChI=1S/C21H23N3O/c25-20(18-11-5-2-6-12-18)19(17-9-3-1-4-10-17)24-16-8-15-23-14-7-13-22-21(23)24/h1-6,9-12,25H,7-8,13-16H2/p+1/b20-19-. The Morgan fingerprint density at radius 1 is 0.880 bits per heavy atom. The molecule has 2 N–H and O–H groups in total. The quantitative estimate of drug-likeness (QED) is 0.514. The average Bonchev–Trinajstić information content (AvgIpc) is 2.70. The third-order valence-electron chi connectivity index (χ3n) is 4.84. The van der Waals surface area contributed by atoms with Gasteiger partial charge in [-0.05, 0) is 0 Å². The second kappa shape index (κ2) is 7.01. The molecule has 0 spiro atoms. The van der Waals surface area contributed by atoms with Gasteiger partial charge >= 0.3 is 5.96 Å². The fourth-order valence-corrected chi connectivity index (χ4v) is 3.66. The van der Waals surface area contributed by atoms with E-state index in [9.17, 15) is 5.11 Å². The van der Waals surface area contributed by atoms with E-state index in [0.717, 1.165) is 61.8 Å². The summed E-state index contributed by atoms with van der Waals surface area (Å²) in [6, 6.07) is 20.0. The van der Waals surface area contributed by atoms with Crippen LogP contribution in [0.3, 0.4) is 0 Å². The lowest BCUT2D eigenvalue weighted by Gasteiger charge is -2.32. The lowest BCUT2D eigenvalue weighted by molar-refractivity contribution is -0.543. The molecule has 4 rings (SSSR count). The maximum absolute atomic E-state index is 11.2. The summed E-state index contributed by atoms with van der Waals surface area (Å²) >= 11 is 0. The first-order chi connectivity index (χ1) is 12.3. The van der Waals surface area contributed by atoms with Gasteiger partial charge in [-0.2, -0.15) is 0 Å². The van der Waals surface area contributed by atoms with Crippen LogP contribution in [0.2, 0.25) is 0 Å². The van der Waals surface area contributed by atoms with E-state index in [0.29, 0.717) is 5.76 Å². The Hall–Kier alpha value is -2.75. The molecule has 0 radical (unpaired) electrons. The molecule has 4 heteroatoms. The second-order valence-corrected chi connectivity index (χ2v) is 6.53. The molecule has 0 unspecified atom stereocenters. The first-order valence-electron chi connectivity index (χ1n) is 9.02. The van der Waals surface area contributed by atoms with Crippen molar-refractivity contribution < 1.29 is 9.68 Å². The first-order valence-corrected chi connectivity index (χ1v) is 9.02. The minimum atomic E-state index is 0.327. The zero-order chi connectivity index (χ0) is 17.1. The molecule has 25 heavy (non-hydrogen) atoms. The van der Waals surface area contributed by atoms with E-state index in [1.54, 1.807) is 0 Å². The van der Waals surface area contributed by atoms with Crippen LogP contribution in [0, 0.1) is 0 Å². The van der Waals surface area contributed by atoms with Gasteiger partial charge in [-0.15, -0.1) is 0 Å². The number of benzene rings is 2. The van der Waals surface area contributed by atoms with Crippen LogP contribution in [0.1, 0.15) is 24.0 Å². The molecular weight excluding hydrogens is 310 g/mol. The predicted molar refractivity (Wildman–Crippen MR) is 101 cm³/mol. The molecule has 0 aliphatic carbocycles. The van der Waals surface area contributed by atoms with Gasteiger partial charge in [0.25, 0.3) is 0 Å². The highest BCUT2D eigenvalue weighted by Crippen LogP contribution is 2.29. The molecular formula is C21H24N3O+. The van der Waals surface area contributed by atoms with Crippen LogP contribution in [0.15, 0.2) is 60.7 Å². The molecule has 0 amide bonds. The highest BCUT2D eigenvalue weighted by Gasteiger charge is 2.34. The lowest BCUT2D eigenvalue weighted by atomic mass is 10.0. The van der Waals surface area contributed by atoms with Gasteiger partial charge in [0.2, 0.25) is 0 Å². The maximum Gasteiger partial charge on any atom is 0.353 e. The summed E-state index contributed by atoms with van der Waals surface area (Å²) in [4.78, 5) is 2.25. The second-order valence-electron chi connectivity index (χ2n) is 6.53. The van der Waals surface area contributed by atoms with Crippen molar-refractivity contribution in [3.8, 4) is 0 Å². The van der Waals surface area contributed by atoms with Crippen molar-refractivity contribution in [1.82, 2.24) is 10.2 Å². The number of hydrogen-bond acceptors (Lipinski definition) is 3. The summed E-state index contributed by atoms with van der Waals surface area (Å²) in [6.07, 6.45) is 2.25. The third-order valence-corrected chi connectivity index (χ3v) is 4.84. The van der Waals surface area contributed by atoms with Crippen molar-refractivity contribution in [3.63, 3.8) is 0 Å². The number of guanidine groups is 1. The Balaban J connectivity index is 1.87. The van der Waals surface area contributed by atoms with Crippen LogP contribution in [0.4, 0.5) is 0 Å². The van der Waals surface area contributed by atoms with Gasteiger partial charge < -0.3 is 5.11 Å². The molecule has 2 aromatic rings. The van der Waals surface area contributed by atoms with Crippen LogP contribution in [-0.2, 0) is 0 Å². The van der Waals surface area contributed by atoms with Crippen molar-refractivity contribution in [2.45, 2.75) is 12.8 Å². The zero-order valence-corrected chi connectivity index (χ0v) is 14.4. The highest BCUT2D eigenvalue weighted by molar-refractivity contribution is 5.95. The topological polar surface area (TPSA) is 38.5 Å². The number of nitrogens with zero attached hydrogens (tertiary/aromatic N) is 2. The van der Waals surface area contributed by atoms with Crippen molar-refractivity contribution >= 4 is 17.4 Å². The summed E-state index contributed by atoms with van der Waals surface area (Å²) in [5, 5.41) is 14.7. The lowest BCUT2D eigenvalue weighted by Crippen LogP contribution is -2.54. The Kier molecular flexibility index (Phi) is 4.42. The molecule has 0 atom stereocenters. The third kappa shape index (κ3) is 3.12. The summed E-state index contributed by atoms with van der Waals surface area (Å²) in [6.45, 7) is 4.04. The van der Waals surface area contributed by atoms with Gasteiger partial charge in [0, 0.05) is 24.0 Å². The van der Waals surface area contributed by atoms with Crippen molar-refractivity contribution in [3.05, 3.63) is 71.8 Å². The molecule has 2 heterocycles. The van der Waals surface area contributed by atoms with E-state index in [1.165, 1.54) is 0 Å². The monoisotopic (exact) mass is 334 g/mol. The predicted octanol–water partition coefficient (Wildman–Crippen LogP) is 3.14. The van der Waals surface area contributed by atoms with Crippen LogP contribution in [0.5, 0.6) is 0 Å². The van der Waals surface area contributed by atoms with Gasteiger partial charge in [-0.1, -0.05) is 60.7 Å². The molecule has 0 saturated heterocycles. The fourth-order valence-electron chi connectivity index (χ4n) is 3.66. The molecule has 4 nitrogen and oxygen atoms in total. The van der Waals surface area contributed by atoms with Gasteiger partial charge in [0.05, 0.1) is 26.2 Å². The van der Waals surface area contributed by atoms with Crippen LogP contribution in [0.25, 0.3) is 11.5 Å². The van der Waals surface area contributed by atoms with Gasteiger partial charge in [-0.25, -0.2) is 4.90 Å². The highest BCUT2D eigenvalue weighted by atomic mass is 16.3. The molecule has 0 aromatic heterocycles.